The maximum Gasteiger partial charge on any atom is 0.410 e. The first-order valence-corrected chi connectivity index (χ1v) is 8.87. The van der Waals surface area contributed by atoms with E-state index in [1.54, 1.807) is 0 Å². The molecule has 1 fully saturated rings. The van der Waals surface area contributed by atoms with Crippen molar-refractivity contribution < 1.29 is 9.53 Å². The van der Waals surface area contributed by atoms with Crippen molar-refractivity contribution in [3.8, 4) is 0 Å². The molecule has 1 aliphatic heterocycles. The zero-order valence-corrected chi connectivity index (χ0v) is 15.5. The molecule has 0 unspecified atom stereocenters. The lowest BCUT2D eigenvalue weighted by Crippen LogP contribution is -2.42. The van der Waals surface area contributed by atoms with Crippen LogP contribution in [0.15, 0.2) is 34.9 Å². The number of rotatable bonds is 1. The summed E-state index contributed by atoms with van der Waals surface area (Å²) in [5.41, 5.74) is 0.810. The molecule has 23 heavy (non-hydrogen) atoms. The summed E-state index contributed by atoms with van der Waals surface area (Å²) in [5.74, 6) is 0. The molecule has 2 aromatic rings. The van der Waals surface area contributed by atoms with E-state index in [0.29, 0.717) is 6.04 Å². The molecule has 1 amide bonds. The van der Waals surface area contributed by atoms with E-state index in [0.717, 1.165) is 30.4 Å². The van der Waals surface area contributed by atoms with Crippen LogP contribution < -0.4 is 0 Å². The molecule has 1 aromatic heterocycles. The SMILES string of the molecule is CC(C)(C)OC(=O)N1CCC(n2cc(Br)c3ccccc32)CC1. The number of hydrogen-bond donors (Lipinski definition) is 0. The van der Waals surface area contributed by atoms with Crippen molar-refractivity contribution in [2.75, 3.05) is 13.1 Å². The third kappa shape index (κ3) is 3.55. The molecule has 1 aromatic carbocycles. The van der Waals surface area contributed by atoms with Gasteiger partial charge in [-0.2, -0.15) is 0 Å². The number of aromatic nitrogens is 1. The minimum absolute atomic E-state index is 0.200. The lowest BCUT2D eigenvalue weighted by molar-refractivity contribution is 0.0189. The number of carbonyl (C=O) groups excluding carboxylic acids is 1. The summed E-state index contributed by atoms with van der Waals surface area (Å²) in [7, 11) is 0. The van der Waals surface area contributed by atoms with E-state index >= 15 is 0 Å². The number of ether oxygens (including phenoxy) is 1. The molecule has 2 heterocycles. The average Bonchev–Trinajstić information content (AvgIpc) is 2.83. The molecular formula is C18H23BrN2O2. The molecule has 5 heteroatoms. The van der Waals surface area contributed by atoms with E-state index in [1.165, 1.54) is 10.9 Å². The Hall–Kier alpha value is -1.49. The van der Waals surface area contributed by atoms with Crippen molar-refractivity contribution in [1.82, 2.24) is 9.47 Å². The molecule has 1 saturated heterocycles. The summed E-state index contributed by atoms with van der Waals surface area (Å²) in [6, 6.07) is 8.83. The molecule has 4 nitrogen and oxygen atoms in total. The first-order chi connectivity index (χ1) is 10.8. The largest absolute Gasteiger partial charge is 0.444 e. The van der Waals surface area contributed by atoms with Crippen LogP contribution in [0.4, 0.5) is 4.79 Å². The molecule has 0 radical (unpaired) electrons. The van der Waals surface area contributed by atoms with E-state index in [1.807, 2.05) is 25.7 Å². The van der Waals surface area contributed by atoms with Gasteiger partial charge in [0.2, 0.25) is 0 Å². The lowest BCUT2D eigenvalue weighted by atomic mass is 10.0. The standard InChI is InChI=1S/C18H23BrN2O2/c1-18(2,3)23-17(22)20-10-8-13(9-11-20)21-12-15(19)14-6-4-5-7-16(14)21/h4-7,12-13H,8-11H2,1-3H3. The van der Waals surface area contributed by atoms with Crippen molar-refractivity contribution in [2.45, 2.75) is 45.3 Å². The number of halogens is 1. The number of carbonyl (C=O) groups is 1. The highest BCUT2D eigenvalue weighted by Crippen LogP contribution is 2.32. The summed E-state index contributed by atoms with van der Waals surface area (Å²) in [6.07, 6.45) is 3.86. The fourth-order valence-corrected chi connectivity index (χ4v) is 3.67. The number of nitrogens with zero attached hydrogens (tertiary/aromatic N) is 2. The smallest absolute Gasteiger partial charge is 0.410 e. The average molecular weight is 379 g/mol. The molecule has 0 aliphatic carbocycles. The van der Waals surface area contributed by atoms with Gasteiger partial charge in [0, 0.05) is 40.7 Å². The third-order valence-corrected chi connectivity index (χ3v) is 4.83. The van der Waals surface area contributed by atoms with E-state index in [2.05, 4.69) is 51.0 Å². The van der Waals surface area contributed by atoms with E-state index in [9.17, 15) is 4.79 Å². The van der Waals surface area contributed by atoms with Crippen molar-refractivity contribution in [3.05, 3.63) is 34.9 Å². The Morgan fingerprint density at radius 2 is 1.87 bits per heavy atom. The van der Waals surface area contributed by atoms with Gasteiger partial charge in [0.15, 0.2) is 0 Å². The molecule has 3 rings (SSSR count). The highest BCUT2D eigenvalue weighted by molar-refractivity contribution is 9.10. The number of para-hydroxylation sites is 1. The molecule has 1 aliphatic rings. The number of piperidine rings is 1. The zero-order chi connectivity index (χ0) is 16.6. The molecular weight excluding hydrogens is 356 g/mol. The van der Waals surface area contributed by atoms with E-state index < -0.39 is 5.60 Å². The van der Waals surface area contributed by atoms with Crippen LogP contribution in [0.25, 0.3) is 10.9 Å². The van der Waals surface area contributed by atoms with Gasteiger partial charge >= 0.3 is 6.09 Å². The minimum Gasteiger partial charge on any atom is -0.444 e. The molecule has 0 N–H and O–H groups in total. The fraction of sp³-hybridized carbons (Fsp3) is 0.500. The van der Waals surface area contributed by atoms with Gasteiger partial charge in [0.05, 0.1) is 0 Å². The fourth-order valence-electron chi connectivity index (χ4n) is 3.12. The first-order valence-electron chi connectivity index (χ1n) is 8.08. The Bertz CT molecular complexity index is 709. The Labute approximate surface area is 145 Å². The molecule has 124 valence electrons. The predicted octanol–water partition coefficient (Wildman–Crippen LogP) is 4.98. The Balaban J connectivity index is 1.70. The van der Waals surface area contributed by atoms with Gasteiger partial charge in [-0.05, 0) is 55.6 Å². The number of hydrogen-bond acceptors (Lipinski definition) is 2. The van der Waals surface area contributed by atoms with Gasteiger partial charge in [-0.1, -0.05) is 18.2 Å². The number of benzene rings is 1. The van der Waals surface area contributed by atoms with Gasteiger partial charge in [-0.3, -0.25) is 0 Å². The quantitative estimate of drug-likeness (QED) is 0.701. The minimum atomic E-state index is -0.435. The van der Waals surface area contributed by atoms with Gasteiger partial charge < -0.3 is 14.2 Å². The molecule has 0 atom stereocenters. The van der Waals surface area contributed by atoms with Crippen molar-refractivity contribution in [2.24, 2.45) is 0 Å². The summed E-state index contributed by atoms with van der Waals surface area (Å²) in [6.45, 7) is 7.19. The van der Waals surface area contributed by atoms with E-state index in [4.69, 9.17) is 4.74 Å². The maximum atomic E-state index is 12.2. The predicted molar refractivity (Wildman–Crippen MR) is 95.7 cm³/mol. The summed E-state index contributed by atoms with van der Waals surface area (Å²) < 4.78 is 8.93. The topological polar surface area (TPSA) is 34.5 Å². The van der Waals surface area contributed by atoms with E-state index in [-0.39, 0.29) is 6.09 Å². The zero-order valence-electron chi connectivity index (χ0n) is 13.9. The highest BCUT2D eigenvalue weighted by Gasteiger charge is 2.28. The number of likely N-dealkylation sites (tertiary alicyclic amines) is 1. The van der Waals surface area contributed by atoms with Gasteiger partial charge in [-0.25, -0.2) is 4.79 Å². The lowest BCUT2D eigenvalue weighted by Gasteiger charge is -2.34. The van der Waals surface area contributed by atoms with Crippen LogP contribution in [0.3, 0.4) is 0 Å². The summed E-state index contributed by atoms with van der Waals surface area (Å²) >= 11 is 3.65. The van der Waals surface area contributed by atoms with Crippen molar-refractivity contribution in [1.29, 1.82) is 0 Å². The first kappa shape index (κ1) is 16.4. The van der Waals surface area contributed by atoms with Crippen molar-refractivity contribution in [3.63, 3.8) is 0 Å². The van der Waals surface area contributed by atoms with Gasteiger partial charge in [-0.15, -0.1) is 0 Å². The van der Waals surface area contributed by atoms with Gasteiger partial charge in [0.25, 0.3) is 0 Å². The number of fused-ring (bicyclic) bond motifs is 1. The number of amides is 1. The van der Waals surface area contributed by atoms with Crippen LogP contribution in [-0.2, 0) is 4.74 Å². The summed E-state index contributed by atoms with van der Waals surface area (Å²) in [5, 5.41) is 1.24. The normalized spacial score (nSPS) is 16.8. The van der Waals surface area contributed by atoms with Crippen LogP contribution in [0, 0.1) is 0 Å². The van der Waals surface area contributed by atoms with Crippen LogP contribution in [0.5, 0.6) is 0 Å². The van der Waals surface area contributed by atoms with Crippen molar-refractivity contribution >= 4 is 32.9 Å². The second-order valence-corrected chi connectivity index (χ2v) is 7.95. The maximum absolute atomic E-state index is 12.2. The van der Waals surface area contributed by atoms with Crippen LogP contribution in [0.2, 0.25) is 0 Å². The second-order valence-electron chi connectivity index (χ2n) is 7.10. The molecule has 0 saturated carbocycles. The molecule has 0 spiro atoms. The van der Waals surface area contributed by atoms with Crippen LogP contribution >= 0.6 is 15.9 Å². The monoisotopic (exact) mass is 378 g/mol. The highest BCUT2D eigenvalue weighted by atomic mass is 79.9. The third-order valence-electron chi connectivity index (χ3n) is 4.20. The Morgan fingerprint density at radius 3 is 2.52 bits per heavy atom. The van der Waals surface area contributed by atoms with Gasteiger partial charge in [0.1, 0.15) is 5.60 Å². The Morgan fingerprint density at radius 1 is 1.22 bits per heavy atom. The Kier molecular flexibility index (Phi) is 4.41. The molecule has 0 bridgehead atoms. The second kappa shape index (κ2) is 6.19. The van der Waals surface area contributed by atoms with Crippen LogP contribution in [-0.4, -0.2) is 34.3 Å². The van der Waals surface area contributed by atoms with Crippen LogP contribution in [0.1, 0.15) is 39.7 Å². The summed E-state index contributed by atoms with van der Waals surface area (Å²) in [4.78, 5) is 14.0.